The zero-order valence-electron chi connectivity index (χ0n) is 10.6. The predicted molar refractivity (Wildman–Crippen MR) is 70.6 cm³/mol. The van der Waals surface area contributed by atoms with E-state index in [2.05, 4.69) is 5.16 Å². The van der Waals surface area contributed by atoms with Crippen LogP contribution in [-0.2, 0) is 11.4 Å². The van der Waals surface area contributed by atoms with Crippen molar-refractivity contribution in [3.63, 3.8) is 0 Å². The number of hydrogen-bond acceptors (Lipinski definition) is 6. The van der Waals surface area contributed by atoms with Gasteiger partial charge >= 0.3 is 11.7 Å². The number of carboxylic acid groups (broad SMARTS) is 1. The summed E-state index contributed by atoms with van der Waals surface area (Å²) >= 11 is 0. The number of benzene rings is 1. The molecule has 0 saturated carbocycles. The maximum atomic E-state index is 10.9. The van der Waals surface area contributed by atoms with Crippen molar-refractivity contribution in [2.24, 2.45) is 0 Å². The van der Waals surface area contributed by atoms with Crippen LogP contribution in [0.25, 0.3) is 6.08 Å². The van der Waals surface area contributed by atoms with E-state index >= 15 is 0 Å². The quantitative estimate of drug-likeness (QED) is 0.492. The van der Waals surface area contributed by atoms with Crippen molar-refractivity contribution in [3.05, 3.63) is 58.0 Å². The van der Waals surface area contributed by atoms with Gasteiger partial charge in [0.1, 0.15) is 6.61 Å². The molecular formula is C13H10N2O6. The average molecular weight is 290 g/mol. The number of aliphatic carboxylic acids is 1. The van der Waals surface area contributed by atoms with Crippen molar-refractivity contribution in [2.75, 3.05) is 0 Å². The molecule has 2 aromatic rings. The summed E-state index contributed by atoms with van der Waals surface area (Å²) in [6, 6.07) is 5.63. The maximum absolute atomic E-state index is 10.9. The first-order valence-electron chi connectivity index (χ1n) is 5.78. The van der Waals surface area contributed by atoms with Gasteiger partial charge in [0.25, 0.3) is 0 Å². The van der Waals surface area contributed by atoms with Gasteiger partial charge in [-0.05, 0) is 23.8 Å². The molecule has 0 aliphatic heterocycles. The summed E-state index contributed by atoms with van der Waals surface area (Å²) in [5.41, 5.74) is 0.248. The number of aromatic nitrogens is 1. The van der Waals surface area contributed by atoms with E-state index in [1.165, 1.54) is 30.5 Å². The number of rotatable bonds is 6. The highest BCUT2D eigenvalue weighted by Crippen LogP contribution is 2.29. The molecule has 1 aromatic carbocycles. The molecule has 1 heterocycles. The highest BCUT2D eigenvalue weighted by Gasteiger charge is 2.16. The van der Waals surface area contributed by atoms with Gasteiger partial charge < -0.3 is 14.4 Å². The highest BCUT2D eigenvalue weighted by molar-refractivity contribution is 5.85. The predicted octanol–water partition coefficient (Wildman–Crippen LogP) is 2.26. The fraction of sp³-hybridized carbons (Fsp3) is 0.0769. The number of ether oxygens (including phenoxy) is 1. The van der Waals surface area contributed by atoms with Gasteiger partial charge in [-0.3, -0.25) is 10.1 Å². The summed E-state index contributed by atoms with van der Waals surface area (Å²) in [7, 11) is 0. The number of carbonyl (C=O) groups is 1. The van der Waals surface area contributed by atoms with Crippen LogP contribution in [0, 0.1) is 10.1 Å². The van der Waals surface area contributed by atoms with E-state index in [4.69, 9.17) is 14.4 Å². The summed E-state index contributed by atoms with van der Waals surface area (Å²) in [5, 5.41) is 23.0. The molecule has 0 fully saturated rings. The molecule has 1 aromatic heterocycles. The summed E-state index contributed by atoms with van der Waals surface area (Å²) in [6.07, 6.45) is 3.67. The molecular weight excluding hydrogens is 280 g/mol. The minimum absolute atomic E-state index is 0.0175. The number of nitro benzene ring substituents is 1. The van der Waals surface area contributed by atoms with Gasteiger partial charge in [-0.1, -0.05) is 5.16 Å². The van der Waals surface area contributed by atoms with E-state index in [1.54, 1.807) is 6.07 Å². The molecule has 0 amide bonds. The Kier molecular flexibility index (Phi) is 4.30. The summed E-state index contributed by atoms with van der Waals surface area (Å²) in [4.78, 5) is 20.8. The van der Waals surface area contributed by atoms with Gasteiger partial charge in [0.2, 0.25) is 0 Å². The molecule has 2 rings (SSSR count). The molecule has 1 N–H and O–H groups in total. The number of nitrogens with zero attached hydrogens (tertiary/aromatic N) is 2. The standard InChI is InChI=1S/C13H10N2O6/c16-13(17)4-2-9-1-3-11(15(18)19)12(7-9)20-8-10-5-6-14-21-10/h1-7H,8H2,(H,16,17). The van der Waals surface area contributed by atoms with E-state index in [0.29, 0.717) is 11.3 Å². The van der Waals surface area contributed by atoms with Gasteiger partial charge in [-0.15, -0.1) is 0 Å². The van der Waals surface area contributed by atoms with E-state index in [1.807, 2.05) is 0 Å². The van der Waals surface area contributed by atoms with Crippen LogP contribution in [0.15, 0.2) is 41.1 Å². The summed E-state index contributed by atoms with van der Waals surface area (Å²) < 4.78 is 10.2. The molecule has 0 aliphatic carbocycles. The third-order valence-electron chi connectivity index (χ3n) is 2.46. The molecule has 0 bridgehead atoms. The van der Waals surface area contributed by atoms with Gasteiger partial charge in [0.15, 0.2) is 11.5 Å². The summed E-state index contributed by atoms with van der Waals surface area (Å²) in [6.45, 7) is -0.0209. The molecule has 108 valence electrons. The second kappa shape index (κ2) is 6.33. The fourth-order valence-electron chi connectivity index (χ4n) is 1.53. The molecule has 8 heteroatoms. The highest BCUT2D eigenvalue weighted by atomic mass is 16.6. The van der Waals surface area contributed by atoms with Crippen LogP contribution in [0.4, 0.5) is 5.69 Å². The Hall–Kier alpha value is -3.16. The van der Waals surface area contributed by atoms with Gasteiger partial charge in [-0.2, -0.15) is 0 Å². The first-order valence-corrected chi connectivity index (χ1v) is 5.78. The van der Waals surface area contributed by atoms with Gasteiger partial charge in [0, 0.05) is 18.2 Å². The Labute approximate surface area is 118 Å². The first kappa shape index (κ1) is 14.3. The zero-order valence-corrected chi connectivity index (χ0v) is 10.6. The van der Waals surface area contributed by atoms with E-state index < -0.39 is 10.9 Å². The SMILES string of the molecule is O=C(O)C=Cc1ccc([N+](=O)[O-])c(OCc2ccno2)c1. The van der Waals surface area contributed by atoms with Crippen LogP contribution in [0.2, 0.25) is 0 Å². The minimum Gasteiger partial charge on any atom is -0.478 e. The van der Waals surface area contributed by atoms with Crippen molar-refractivity contribution in [1.29, 1.82) is 0 Å². The number of nitro groups is 1. The first-order chi connectivity index (χ1) is 10.1. The maximum Gasteiger partial charge on any atom is 0.328 e. The van der Waals surface area contributed by atoms with Gasteiger partial charge in [-0.25, -0.2) is 4.79 Å². The van der Waals surface area contributed by atoms with Crippen molar-refractivity contribution >= 4 is 17.7 Å². The number of carboxylic acids is 1. The summed E-state index contributed by atoms with van der Waals surface area (Å²) in [5.74, 6) is -0.683. The molecule has 21 heavy (non-hydrogen) atoms. The Bertz CT molecular complexity index is 678. The van der Waals surface area contributed by atoms with E-state index in [9.17, 15) is 14.9 Å². The monoisotopic (exact) mass is 290 g/mol. The van der Waals surface area contributed by atoms with Crippen LogP contribution >= 0.6 is 0 Å². The van der Waals surface area contributed by atoms with Crippen LogP contribution < -0.4 is 4.74 Å². The third-order valence-corrected chi connectivity index (χ3v) is 2.46. The Morgan fingerprint density at radius 3 is 2.90 bits per heavy atom. The normalized spacial score (nSPS) is 10.7. The smallest absolute Gasteiger partial charge is 0.328 e. The van der Waals surface area contributed by atoms with Crippen LogP contribution in [0.5, 0.6) is 5.75 Å². The van der Waals surface area contributed by atoms with Crippen molar-refractivity contribution < 1.29 is 24.1 Å². The lowest BCUT2D eigenvalue weighted by atomic mass is 10.1. The lowest BCUT2D eigenvalue weighted by Crippen LogP contribution is -1.99. The lowest BCUT2D eigenvalue weighted by Gasteiger charge is -2.05. The van der Waals surface area contributed by atoms with E-state index in [-0.39, 0.29) is 18.0 Å². The Morgan fingerprint density at radius 1 is 1.48 bits per heavy atom. The fourth-order valence-corrected chi connectivity index (χ4v) is 1.53. The van der Waals surface area contributed by atoms with Crippen LogP contribution in [-0.4, -0.2) is 21.2 Å². The zero-order chi connectivity index (χ0) is 15.2. The topological polar surface area (TPSA) is 116 Å². The molecule has 0 aliphatic rings. The largest absolute Gasteiger partial charge is 0.478 e. The lowest BCUT2D eigenvalue weighted by molar-refractivity contribution is -0.386. The molecule has 0 unspecified atom stereocenters. The van der Waals surface area contributed by atoms with Crippen molar-refractivity contribution in [3.8, 4) is 5.75 Å². The Balaban J connectivity index is 2.24. The Morgan fingerprint density at radius 2 is 2.29 bits per heavy atom. The second-order valence-electron chi connectivity index (χ2n) is 3.92. The van der Waals surface area contributed by atoms with Gasteiger partial charge in [0.05, 0.1) is 11.1 Å². The third kappa shape index (κ3) is 3.90. The van der Waals surface area contributed by atoms with Crippen molar-refractivity contribution in [2.45, 2.75) is 6.61 Å². The second-order valence-corrected chi connectivity index (χ2v) is 3.92. The molecule has 8 nitrogen and oxygen atoms in total. The molecule has 0 spiro atoms. The molecule has 0 radical (unpaired) electrons. The van der Waals surface area contributed by atoms with E-state index in [0.717, 1.165) is 6.08 Å². The van der Waals surface area contributed by atoms with Crippen LogP contribution in [0.3, 0.4) is 0 Å². The molecule has 0 saturated heterocycles. The van der Waals surface area contributed by atoms with Crippen LogP contribution in [0.1, 0.15) is 11.3 Å². The van der Waals surface area contributed by atoms with Crippen molar-refractivity contribution in [1.82, 2.24) is 5.16 Å². The number of hydrogen-bond donors (Lipinski definition) is 1. The minimum atomic E-state index is -1.11. The molecule has 0 atom stereocenters. The average Bonchev–Trinajstić information content (AvgIpc) is 2.96.